The molecule has 2 aromatic heterocycles. The maximum absolute atomic E-state index is 13.2. The SMILES string of the molecule is C[C@H]1O[C@@H]([C@@H](O)CO)n2c3ccccc3c3c4c(c5c6ccccc6n1c5c32)C(=O)CC4. The first-order chi connectivity index (χ1) is 15.6. The number of carbonyl (C=O) groups is 1. The lowest BCUT2D eigenvalue weighted by Gasteiger charge is -2.27. The summed E-state index contributed by atoms with van der Waals surface area (Å²) >= 11 is 0. The molecule has 0 unspecified atom stereocenters. The minimum Gasteiger partial charge on any atom is -0.394 e. The molecule has 160 valence electrons. The van der Waals surface area contributed by atoms with E-state index in [1.807, 2.05) is 41.8 Å². The Morgan fingerprint density at radius 1 is 0.969 bits per heavy atom. The Hall–Kier alpha value is -3.19. The van der Waals surface area contributed by atoms with Crippen molar-refractivity contribution in [3.63, 3.8) is 0 Å². The van der Waals surface area contributed by atoms with Crippen molar-refractivity contribution < 1.29 is 19.7 Å². The second kappa shape index (κ2) is 6.19. The van der Waals surface area contributed by atoms with Crippen LogP contribution in [0.25, 0.3) is 43.6 Å². The lowest BCUT2D eigenvalue weighted by Crippen LogP contribution is -2.30. The van der Waals surface area contributed by atoms with E-state index in [-0.39, 0.29) is 5.78 Å². The van der Waals surface area contributed by atoms with Crippen LogP contribution in [0.15, 0.2) is 48.5 Å². The minimum absolute atomic E-state index is 0.186. The van der Waals surface area contributed by atoms with E-state index >= 15 is 0 Å². The highest BCUT2D eigenvalue weighted by atomic mass is 16.5. The number of Topliss-reactive ketones (excluding diaryl/α,β-unsaturated/α-hetero) is 1. The monoisotopic (exact) mass is 426 g/mol. The first kappa shape index (κ1) is 18.4. The van der Waals surface area contributed by atoms with Gasteiger partial charge in [0.25, 0.3) is 0 Å². The minimum atomic E-state index is -1.09. The Bertz CT molecular complexity index is 1610. The van der Waals surface area contributed by atoms with E-state index in [0.717, 1.165) is 54.7 Å². The Balaban J connectivity index is 1.85. The molecule has 0 fully saturated rings. The lowest BCUT2D eigenvalue weighted by atomic mass is 9.97. The molecule has 1 aliphatic carbocycles. The van der Waals surface area contributed by atoms with Crippen LogP contribution in [0.1, 0.15) is 41.7 Å². The molecule has 0 radical (unpaired) electrons. The lowest BCUT2D eigenvalue weighted by molar-refractivity contribution is -0.138. The molecule has 0 saturated heterocycles. The van der Waals surface area contributed by atoms with Crippen molar-refractivity contribution in [2.75, 3.05) is 6.61 Å². The zero-order valence-corrected chi connectivity index (χ0v) is 17.6. The molecular formula is C26H22N2O4. The first-order valence-corrected chi connectivity index (χ1v) is 11.1. The third-order valence-electron chi connectivity index (χ3n) is 7.25. The van der Waals surface area contributed by atoms with Crippen molar-refractivity contribution in [1.29, 1.82) is 0 Å². The molecule has 6 nitrogen and oxygen atoms in total. The molecule has 3 heterocycles. The zero-order valence-electron chi connectivity index (χ0n) is 17.6. The van der Waals surface area contributed by atoms with Gasteiger partial charge in [-0.1, -0.05) is 36.4 Å². The topological polar surface area (TPSA) is 76.6 Å². The van der Waals surface area contributed by atoms with Gasteiger partial charge in [-0.2, -0.15) is 0 Å². The average molecular weight is 426 g/mol. The molecule has 2 N–H and O–H groups in total. The Labute approximate surface area is 183 Å². The van der Waals surface area contributed by atoms with Crippen molar-refractivity contribution in [2.24, 2.45) is 0 Å². The molecule has 3 aromatic carbocycles. The van der Waals surface area contributed by atoms with Crippen LogP contribution in [0.5, 0.6) is 0 Å². The van der Waals surface area contributed by atoms with Crippen molar-refractivity contribution in [3.05, 3.63) is 59.7 Å². The summed E-state index contributed by atoms with van der Waals surface area (Å²) < 4.78 is 10.6. The molecule has 7 rings (SSSR count). The van der Waals surface area contributed by atoms with Crippen LogP contribution in [0.2, 0.25) is 0 Å². The predicted octanol–water partition coefficient (Wildman–Crippen LogP) is 4.43. The maximum atomic E-state index is 13.2. The fraction of sp³-hybridized carbons (Fsp3) is 0.269. The highest BCUT2D eigenvalue weighted by Crippen LogP contribution is 2.50. The van der Waals surface area contributed by atoms with Gasteiger partial charge >= 0.3 is 0 Å². The summed E-state index contributed by atoms with van der Waals surface area (Å²) in [6.45, 7) is 1.55. The number of hydrogen-bond acceptors (Lipinski definition) is 4. The van der Waals surface area contributed by atoms with Crippen LogP contribution in [0.4, 0.5) is 0 Å². The summed E-state index contributed by atoms with van der Waals surface area (Å²) in [5.74, 6) is 0.186. The molecule has 1 aliphatic heterocycles. The van der Waals surface area contributed by atoms with Gasteiger partial charge in [0.05, 0.1) is 28.7 Å². The number of carbonyl (C=O) groups excluding carboxylic acids is 1. The zero-order chi connectivity index (χ0) is 21.7. The van der Waals surface area contributed by atoms with Gasteiger partial charge in [0.1, 0.15) is 12.3 Å². The van der Waals surface area contributed by atoms with E-state index in [9.17, 15) is 15.0 Å². The number of aryl methyl sites for hydroxylation is 1. The Kier molecular flexibility index (Phi) is 3.56. The molecule has 0 bridgehead atoms. The van der Waals surface area contributed by atoms with Gasteiger partial charge in [-0.15, -0.1) is 0 Å². The van der Waals surface area contributed by atoms with E-state index in [4.69, 9.17) is 4.74 Å². The number of aromatic nitrogens is 2. The molecule has 0 amide bonds. The summed E-state index contributed by atoms with van der Waals surface area (Å²) in [4.78, 5) is 13.2. The number of ether oxygens (including phenoxy) is 1. The van der Waals surface area contributed by atoms with Gasteiger partial charge in [-0.3, -0.25) is 4.79 Å². The number of nitrogens with zero attached hydrogens (tertiary/aromatic N) is 2. The fourth-order valence-electron chi connectivity index (χ4n) is 6.07. The van der Waals surface area contributed by atoms with Gasteiger partial charge in [0, 0.05) is 33.5 Å². The van der Waals surface area contributed by atoms with E-state index in [0.29, 0.717) is 12.8 Å². The molecule has 5 aromatic rings. The summed E-state index contributed by atoms with van der Waals surface area (Å²) in [6, 6.07) is 16.2. The van der Waals surface area contributed by atoms with Crippen molar-refractivity contribution in [3.8, 4) is 0 Å². The molecule has 2 aliphatic rings. The number of para-hydroxylation sites is 2. The quantitative estimate of drug-likeness (QED) is 0.438. The largest absolute Gasteiger partial charge is 0.394 e. The van der Waals surface area contributed by atoms with Crippen LogP contribution in [-0.4, -0.2) is 37.8 Å². The maximum Gasteiger partial charge on any atom is 0.165 e. The van der Waals surface area contributed by atoms with Crippen LogP contribution in [-0.2, 0) is 11.2 Å². The third kappa shape index (κ3) is 2.03. The standard InChI is InChI=1S/C26H22N2O4/c1-13-27-17-8-4-3-7-15(17)23-22-16(10-11-19(22)30)21-14-6-2-5-9-18(14)28(24(21)25(23)27)26(32-13)20(31)12-29/h2-9,13,20,26,29,31H,10-12H2,1H3/t13-,20+,26+/m1/s1. The number of ketones is 1. The molecule has 0 saturated carbocycles. The number of aliphatic hydroxyl groups is 2. The van der Waals surface area contributed by atoms with E-state index < -0.39 is 25.2 Å². The molecule has 6 heteroatoms. The summed E-state index contributed by atoms with van der Waals surface area (Å²) in [5.41, 5.74) is 5.78. The molecular weight excluding hydrogens is 404 g/mol. The second-order valence-electron chi connectivity index (χ2n) is 8.87. The van der Waals surface area contributed by atoms with Crippen molar-refractivity contribution in [2.45, 2.75) is 38.3 Å². The smallest absolute Gasteiger partial charge is 0.165 e. The van der Waals surface area contributed by atoms with E-state index in [1.165, 1.54) is 0 Å². The van der Waals surface area contributed by atoms with Crippen LogP contribution >= 0.6 is 0 Å². The van der Waals surface area contributed by atoms with Gasteiger partial charge in [-0.25, -0.2) is 0 Å². The number of hydrogen-bond donors (Lipinski definition) is 2. The average Bonchev–Trinajstić information content (AvgIpc) is 3.43. The summed E-state index contributed by atoms with van der Waals surface area (Å²) in [7, 11) is 0. The first-order valence-electron chi connectivity index (χ1n) is 11.1. The van der Waals surface area contributed by atoms with Gasteiger partial charge < -0.3 is 24.1 Å². The number of benzene rings is 3. The second-order valence-corrected chi connectivity index (χ2v) is 8.87. The molecule has 32 heavy (non-hydrogen) atoms. The predicted molar refractivity (Wildman–Crippen MR) is 123 cm³/mol. The van der Waals surface area contributed by atoms with E-state index in [2.05, 4.69) is 22.8 Å². The molecule has 0 spiro atoms. The van der Waals surface area contributed by atoms with Gasteiger partial charge in [0.2, 0.25) is 0 Å². The number of rotatable bonds is 2. The van der Waals surface area contributed by atoms with Gasteiger partial charge in [-0.05, 0) is 31.0 Å². The Morgan fingerprint density at radius 2 is 1.59 bits per heavy atom. The molecule has 3 atom stereocenters. The van der Waals surface area contributed by atoms with Gasteiger partial charge in [0.15, 0.2) is 12.0 Å². The normalized spacial score (nSPS) is 21.3. The fourth-order valence-corrected chi connectivity index (χ4v) is 6.07. The number of aliphatic hydroxyl groups excluding tert-OH is 2. The van der Waals surface area contributed by atoms with Crippen molar-refractivity contribution in [1.82, 2.24) is 9.13 Å². The van der Waals surface area contributed by atoms with Crippen LogP contribution < -0.4 is 0 Å². The summed E-state index contributed by atoms with van der Waals surface area (Å²) in [6.07, 6.45) is -1.03. The highest BCUT2D eigenvalue weighted by molar-refractivity contribution is 6.31. The third-order valence-corrected chi connectivity index (χ3v) is 7.25. The van der Waals surface area contributed by atoms with Crippen molar-refractivity contribution >= 4 is 49.4 Å². The van der Waals surface area contributed by atoms with E-state index in [1.54, 1.807) is 0 Å². The van der Waals surface area contributed by atoms with Crippen LogP contribution in [0.3, 0.4) is 0 Å². The number of fused-ring (bicyclic) bond motifs is 9. The Morgan fingerprint density at radius 3 is 2.31 bits per heavy atom. The summed E-state index contributed by atoms with van der Waals surface area (Å²) in [5, 5.41) is 24.8. The van der Waals surface area contributed by atoms with Crippen LogP contribution in [0, 0.1) is 0 Å². The highest BCUT2D eigenvalue weighted by Gasteiger charge is 2.38.